The van der Waals surface area contributed by atoms with Crippen molar-refractivity contribution in [3.63, 3.8) is 0 Å². The second-order valence-corrected chi connectivity index (χ2v) is 7.93. The molecule has 2 fully saturated rings. The summed E-state index contributed by atoms with van der Waals surface area (Å²) >= 11 is 0. The molecule has 6 heteroatoms. The first-order chi connectivity index (χ1) is 14.6. The predicted molar refractivity (Wildman–Crippen MR) is 114 cm³/mol. The van der Waals surface area contributed by atoms with Gasteiger partial charge in [0.25, 0.3) is 11.8 Å². The van der Waals surface area contributed by atoms with Crippen LogP contribution in [0.5, 0.6) is 0 Å². The summed E-state index contributed by atoms with van der Waals surface area (Å²) < 4.78 is 11.6. The molecule has 2 heterocycles. The molecule has 0 spiro atoms. The molecule has 2 aromatic carbocycles. The largest absolute Gasteiger partial charge is 0.368 e. The number of likely N-dealkylation sites (N-methyl/N-ethyl adjacent to an activating group) is 1. The number of morpholine rings is 1. The number of carbonyl (C=O) groups is 2. The minimum atomic E-state index is -1.11. The summed E-state index contributed by atoms with van der Waals surface area (Å²) in [7, 11) is 1.61. The van der Waals surface area contributed by atoms with Gasteiger partial charge in [-0.3, -0.25) is 9.59 Å². The van der Waals surface area contributed by atoms with Gasteiger partial charge in [0.15, 0.2) is 5.60 Å². The Morgan fingerprint density at radius 3 is 2.63 bits per heavy atom. The maximum atomic E-state index is 12.9. The Morgan fingerprint density at radius 1 is 1.10 bits per heavy atom. The monoisotopic (exact) mass is 408 g/mol. The van der Waals surface area contributed by atoms with E-state index in [1.165, 1.54) is 0 Å². The van der Waals surface area contributed by atoms with Crippen LogP contribution in [0, 0.1) is 0 Å². The Hall–Kier alpha value is -2.70. The van der Waals surface area contributed by atoms with Crippen LogP contribution in [0.2, 0.25) is 0 Å². The maximum absolute atomic E-state index is 12.9. The number of amides is 2. The first-order valence-corrected chi connectivity index (χ1v) is 10.5. The molecular weight excluding hydrogens is 380 g/mol. The Kier molecular flexibility index (Phi) is 6.16. The lowest BCUT2D eigenvalue weighted by Gasteiger charge is -2.42. The molecule has 0 radical (unpaired) electrons. The van der Waals surface area contributed by atoms with Gasteiger partial charge >= 0.3 is 0 Å². The van der Waals surface area contributed by atoms with E-state index in [0.29, 0.717) is 26.2 Å². The maximum Gasteiger partial charge on any atom is 0.254 e. The van der Waals surface area contributed by atoms with Gasteiger partial charge < -0.3 is 19.7 Å². The summed E-state index contributed by atoms with van der Waals surface area (Å²) in [6.45, 7) is 1.64. The average molecular weight is 408 g/mol. The van der Waals surface area contributed by atoms with Gasteiger partial charge in [-0.25, -0.2) is 0 Å². The third-order valence-electron chi connectivity index (χ3n) is 5.87. The minimum absolute atomic E-state index is 0.0397. The van der Waals surface area contributed by atoms with Crippen LogP contribution in [0.15, 0.2) is 54.6 Å². The van der Waals surface area contributed by atoms with Gasteiger partial charge in [-0.1, -0.05) is 54.6 Å². The van der Waals surface area contributed by atoms with Crippen molar-refractivity contribution in [3.05, 3.63) is 60.2 Å². The highest BCUT2D eigenvalue weighted by Gasteiger charge is 2.45. The van der Waals surface area contributed by atoms with Crippen LogP contribution in [-0.2, 0) is 25.5 Å². The summed E-state index contributed by atoms with van der Waals surface area (Å²) in [5.41, 5.74) is 2.08. The van der Waals surface area contributed by atoms with Crippen LogP contribution in [-0.4, -0.2) is 61.8 Å². The Morgan fingerprint density at radius 2 is 1.90 bits per heavy atom. The summed E-state index contributed by atoms with van der Waals surface area (Å²) in [5.74, 6) is -0.250. The molecule has 2 aliphatic rings. The number of carbonyl (C=O) groups excluding carboxylic acids is 2. The van der Waals surface area contributed by atoms with Crippen molar-refractivity contribution in [3.8, 4) is 11.1 Å². The highest BCUT2D eigenvalue weighted by molar-refractivity contribution is 5.88. The first-order valence-electron chi connectivity index (χ1n) is 10.5. The lowest BCUT2D eigenvalue weighted by atomic mass is 9.89. The van der Waals surface area contributed by atoms with Crippen LogP contribution in [0.1, 0.15) is 18.4 Å². The SMILES string of the molecule is CNC(=O)[C@@]1(Cc2cccc(-c3ccccc3)c2)CN(C(=O)[C@@H]2CCCO2)CCO1. The van der Waals surface area contributed by atoms with E-state index in [9.17, 15) is 9.59 Å². The van der Waals surface area contributed by atoms with Crippen LogP contribution in [0.4, 0.5) is 0 Å². The number of nitrogens with one attached hydrogen (secondary N) is 1. The smallest absolute Gasteiger partial charge is 0.254 e. The van der Waals surface area contributed by atoms with E-state index in [0.717, 1.165) is 29.5 Å². The lowest BCUT2D eigenvalue weighted by Crippen LogP contribution is -2.62. The van der Waals surface area contributed by atoms with Gasteiger partial charge in [-0.2, -0.15) is 0 Å². The van der Waals surface area contributed by atoms with E-state index in [1.807, 2.05) is 30.3 Å². The van der Waals surface area contributed by atoms with E-state index in [-0.39, 0.29) is 18.4 Å². The molecule has 2 amide bonds. The van der Waals surface area contributed by atoms with E-state index >= 15 is 0 Å². The van der Waals surface area contributed by atoms with Crippen molar-refractivity contribution in [2.24, 2.45) is 0 Å². The van der Waals surface area contributed by atoms with Crippen molar-refractivity contribution in [2.45, 2.75) is 31.0 Å². The van der Waals surface area contributed by atoms with Gasteiger partial charge in [0.2, 0.25) is 0 Å². The molecule has 1 N–H and O–H groups in total. The molecule has 30 heavy (non-hydrogen) atoms. The average Bonchev–Trinajstić information content (AvgIpc) is 3.34. The van der Waals surface area contributed by atoms with E-state index in [2.05, 4.69) is 29.6 Å². The number of rotatable bonds is 5. The molecule has 158 valence electrons. The number of ether oxygens (including phenoxy) is 2. The van der Waals surface area contributed by atoms with Crippen molar-refractivity contribution in [2.75, 3.05) is 33.4 Å². The minimum Gasteiger partial charge on any atom is -0.368 e. The third kappa shape index (κ3) is 4.25. The fourth-order valence-electron chi connectivity index (χ4n) is 4.32. The molecular formula is C24H28N2O4. The van der Waals surface area contributed by atoms with Gasteiger partial charge in [-0.05, 0) is 29.5 Å². The second-order valence-electron chi connectivity index (χ2n) is 7.93. The summed E-state index contributed by atoms with van der Waals surface area (Å²) in [6.07, 6.45) is 1.63. The van der Waals surface area contributed by atoms with E-state index < -0.39 is 11.7 Å². The highest BCUT2D eigenvalue weighted by atomic mass is 16.5. The first kappa shape index (κ1) is 20.6. The summed E-state index contributed by atoms with van der Waals surface area (Å²) in [5, 5.41) is 2.74. The molecule has 4 rings (SSSR count). The fourth-order valence-corrected chi connectivity index (χ4v) is 4.32. The normalized spacial score (nSPS) is 23.9. The summed E-state index contributed by atoms with van der Waals surface area (Å²) in [4.78, 5) is 27.6. The molecule has 0 bridgehead atoms. The quantitative estimate of drug-likeness (QED) is 0.825. The Bertz CT molecular complexity index is 895. The van der Waals surface area contributed by atoms with Crippen LogP contribution in [0.25, 0.3) is 11.1 Å². The van der Waals surface area contributed by atoms with Gasteiger partial charge in [0, 0.05) is 26.6 Å². The molecule has 6 nitrogen and oxygen atoms in total. The Balaban J connectivity index is 1.58. The molecule has 2 saturated heterocycles. The van der Waals surface area contributed by atoms with Crippen LogP contribution in [0.3, 0.4) is 0 Å². The zero-order valence-corrected chi connectivity index (χ0v) is 17.3. The number of nitrogens with zero attached hydrogens (tertiary/aromatic N) is 1. The van der Waals surface area contributed by atoms with Crippen molar-refractivity contribution >= 4 is 11.8 Å². The van der Waals surface area contributed by atoms with Crippen molar-refractivity contribution in [1.29, 1.82) is 0 Å². The van der Waals surface area contributed by atoms with Crippen LogP contribution < -0.4 is 5.32 Å². The van der Waals surface area contributed by atoms with Crippen LogP contribution >= 0.6 is 0 Å². The molecule has 0 saturated carbocycles. The Labute approximate surface area is 177 Å². The molecule has 2 aliphatic heterocycles. The third-order valence-corrected chi connectivity index (χ3v) is 5.87. The molecule has 2 aromatic rings. The number of benzene rings is 2. The van der Waals surface area contributed by atoms with E-state index in [1.54, 1.807) is 11.9 Å². The van der Waals surface area contributed by atoms with E-state index in [4.69, 9.17) is 9.47 Å². The zero-order valence-electron chi connectivity index (χ0n) is 17.3. The molecule has 0 aromatic heterocycles. The molecule has 0 unspecified atom stereocenters. The second kappa shape index (κ2) is 8.98. The molecule has 2 atom stereocenters. The number of hydrogen-bond acceptors (Lipinski definition) is 4. The molecule has 0 aliphatic carbocycles. The number of hydrogen-bond donors (Lipinski definition) is 1. The predicted octanol–water partition coefficient (Wildman–Crippen LogP) is 2.42. The van der Waals surface area contributed by atoms with Crippen molar-refractivity contribution < 1.29 is 19.1 Å². The van der Waals surface area contributed by atoms with Crippen molar-refractivity contribution in [1.82, 2.24) is 10.2 Å². The summed E-state index contributed by atoms with van der Waals surface area (Å²) in [6, 6.07) is 18.3. The van der Waals surface area contributed by atoms with Gasteiger partial charge in [-0.15, -0.1) is 0 Å². The highest BCUT2D eigenvalue weighted by Crippen LogP contribution is 2.28. The standard InChI is InChI=1S/C24H28N2O4/c1-25-23(28)24(17-26(12-14-30-24)22(27)21-11-6-13-29-21)16-18-7-5-10-20(15-18)19-8-3-2-4-9-19/h2-5,7-10,15,21H,6,11-14,16-17H2,1H3,(H,25,28)/t21-,24+/m0/s1. The van der Waals surface area contributed by atoms with Gasteiger partial charge in [0.05, 0.1) is 13.2 Å². The fraction of sp³-hybridized carbons (Fsp3) is 0.417. The zero-order chi connectivity index (χ0) is 21.0. The topological polar surface area (TPSA) is 67.9 Å². The lowest BCUT2D eigenvalue weighted by molar-refractivity contribution is -0.169. The van der Waals surface area contributed by atoms with Gasteiger partial charge in [0.1, 0.15) is 6.10 Å².